The van der Waals surface area contributed by atoms with Gasteiger partial charge in [0, 0.05) is 17.8 Å². The number of hydrogen-bond acceptors (Lipinski definition) is 4. The van der Waals surface area contributed by atoms with E-state index >= 15 is 0 Å². The lowest BCUT2D eigenvalue weighted by atomic mass is 9.95. The molecule has 1 saturated carbocycles. The number of amides is 1. The fraction of sp³-hybridized carbons (Fsp3) is 0.417. The predicted molar refractivity (Wildman–Crippen MR) is 69.1 cm³/mol. The molecule has 0 radical (unpaired) electrons. The average Bonchev–Trinajstić information content (AvgIpc) is 2.87. The molecule has 0 saturated heterocycles. The Morgan fingerprint density at radius 1 is 1.47 bits per heavy atom. The number of carbonyl (C=O) groups is 1. The SMILES string of the molecule is N/C(=N/O)C1(NC(=O)c2cc[nH]c(=O)c2)CCCC1. The summed E-state index contributed by atoms with van der Waals surface area (Å²) in [7, 11) is 0. The molecule has 7 heteroatoms. The maximum Gasteiger partial charge on any atom is 0.252 e. The Morgan fingerprint density at radius 3 is 2.74 bits per heavy atom. The van der Waals surface area contributed by atoms with Gasteiger partial charge in [0.2, 0.25) is 5.56 Å². The zero-order valence-electron chi connectivity index (χ0n) is 10.3. The first-order chi connectivity index (χ1) is 9.07. The molecular weight excluding hydrogens is 248 g/mol. The zero-order chi connectivity index (χ0) is 13.9. The van der Waals surface area contributed by atoms with Gasteiger partial charge in [-0.15, -0.1) is 0 Å². The van der Waals surface area contributed by atoms with Gasteiger partial charge in [0.15, 0.2) is 5.84 Å². The number of nitrogens with zero attached hydrogens (tertiary/aromatic N) is 1. The lowest BCUT2D eigenvalue weighted by Crippen LogP contribution is -2.55. The van der Waals surface area contributed by atoms with Crippen molar-refractivity contribution in [3.05, 3.63) is 34.2 Å². The van der Waals surface area contributed by atoms with Gasteiger partial charge >= 0.3 is 0 Å². The van der Waals surface area contributed by atoms with Crippen molar-refractivity contribution >= 4 is 11.7 Å². The first-order valence-electron chi connectivity index (χ1n) is 6.07. The smallest absolute Gasteiger partial charge is 0.252 e. The van der Waals surface area contributed by atoms with E-state index in [1.54, 1.807) is 0 Å². The second kappa shape index (κ2) is 5.13. The molecule has 1 aliphatic carbocycles. The maximum absolute atomic E-state index is 12.1. The number of nitrogens with one attached hydrogen (secondary N) is 2. The van der Waals surface area contributed by atoms with Crippen molar-refractivity contribution in [1.29, 1.82) is 0 Å². The molecule has 7 nitrogen and oxygen atoms in total. The molecule has 0 atom stereocenters. The Morgan fingerprint density at radius 2 is 2.16 bits per heavy atom. The summed E-state index contributed by atoms with van der Waals surface area (Å²) in [6.07, 6.45) is 4.44. The summed E-state index contributed by atoms with van der Waals surface area (Å²) in [4.78, 5) is 25.7. The van der Waals surface area contributed by atoms with E-state index in [9.17, 15) is 9.59 Å². The highest BCUT2D eigenvalue weighted by Gasteiger charge is 2.39. The second-order valence-corrected chi connectivity index (χ2v) is 4.67. The van der Waals surface area contributed by atoms with Crippen LogP contribution >= 0.6 is 0 Å². The van der Waals surface area contributed by atoms with Gasteiger partial charge in [-0.25, -0.2) is 0 Å². The van der Waals surface area contributed by atoms with E-state index < -0.39 is 11.4 Å². The van der Waals surface area contributed by atoms with Gasteiger partial charge in [-0.3, -0.25) is 9.59 Å². The van der Waals surface area contributed by atoms with Gasteiger partial charge in [-0.05, 0) is 18.9 Å². The number of amidine groups is 1. The number of nitrogens with two attached hydrogens (primary N) is 1. The van der Waals surface area contributed by atoms with Crippen molar-refractivity contribution in [3.63, 3.8) is 0 Å². The highest BCUT2D eigenvalue weighted by molar-refractivity contribution is 6.00. The molecule has 0 unspecified atom stereocenters. The van der Waals surface area contributed by atoms with Crippen LogP contribution in [0.5, 0.6) is 0 Å². The van der Waals surface area contributed by atoms with Gasteiger partial charge in [-0.1, -0.05) is 18.0 Å². The zero-order valence-corrected chi connectivity index (χ0v) is 10.3. The summed E-state index contributed by atoms with van der Waals surface area (Å²) in [5.74, 6) is -0.400. The van der Waals surface area contributed by atoms with Gasteiger partial charge in [-0.2, -0.15) is 0 Å². The minimum Gasteiger partial charge on any atom is -0.409 e. The number of aromatic nitrogens is 1. The molecular formula is C12H16N4O3. The largest absolute Gasteiger partial charge is 0.409 e. The topological polar surface area (TPSA) is 121 Å². The molecule has 0 aliphatic heterocycles. The van der Waals surface area contributed by atoms with Crippen molar-refractivity contribution < 1.29 is 10.0 Å². The van der Waals surface area contributed by atoms with Crippen LogP contribution in [-0.2, 0) is 0 Å². The summed E-state index contributed by atoms with van der Waals surface area (Å²) >= 11 is 0. The number of oxime groups is 1. The van der Waals surface area contributed by atoms with E-state index in [0.29, 0.717) is 12.8 Å². The van der Waals surface area contributed by atoms with Crippen molar-refractivity contribution in [2.45, 2.75) is 31.2 Å². The van der Waals surface area contributed by atoms with Crippen LogP contribution in [0.4, 0.5) is 0 Å². The highest BCUT2D eigenvalue weighted by Crippen LogP contribution is 2.30. The Labute approximate surface area is 109 Å². The number of H-pyrrole nitrogens is 1. The maximum atomic E-state index is 12.1. The van der Waals surface area contributed by atoms with Crippen LogP contribution in [0.25, 0.3) is 0 Å². The third-order valence-corrected chi connectivity index (χ3v) is 3.45. The van der Waals surface area contributed by atoms with Crippen molar-refractivity contribution in [3.8, 4) is 0 Å². The molecule has 0 aromatic carbocycles. The first kappa shape index (κ1) is 13.1. The van der Waals surface area contributed by atoms with Crippen LogP contribution in [0.15, 0.2) is 28.3 Å². The predicted octanol–water partition coefficient (Wildman–Crippen LogP) is 0.164. The monoisotopic (exact) mass is 264 g/mol. The molecule has 102 valence electrons. The van der Waals surface area contributed by atoms with Crippen LogP contribution < -0.4 is 16.6 Å². The molecule has 1 heterocycles. The molecule has 2 rings (SSSR count). The number of hydrogen-bond donors (Lipinski definition) is 4. The molecule has 1 aromatic rings. The van der Waals surface area contributed by atoms with Crippen LogP contribution in [0.2, 0.25) is 0 Å². The Hall–Kier alpha value is -2.31. The molecule has 1 aliphatic rings. The molecule has 1 amide bonds. The lowest BCUT2D eigenvalue weighted by molar-refractivity contribution is 0.0922. The Bertz CT molecular complexity index is 558. The van der Waals surface area contributed by atoms with Gasteiger partial charge < -0.3 is 21.2 Å². The van der Waals surface area contributed by atoms with Gasteiger partial charge in [0.1, 0.15) is 5.54 Å². The molecule has 0 bridgehead atoms. The van der Waals surface area contributed by atoms with Crippen LogP contribution in [0, 0.1) is 0 Å². The summed E-state index contributed by atoms with van der Waals surface area (Å²) in [5, 5.41) is 14.6. The van der Waals surface area contributed by atoms with E-state index in [1.807, 2.05) is 0 Å². The lowest BCUT2D eigenvalue weighted by Gasteiger charge is -2.28. The molecule has 19 heavy (non-hydrogen) atoms. The summed E-state index contributed by atoms with van der Waals surface area (Å²) in [6, 6.07) is 2.72. The van der Waals surface area contributed by atoms with E-state index in [-0.39, 0.29) is 17.0 Å². The standard InChI is InChI=1S/C12H16N4O3/c13-11(16-19)12(4-1-2-5-12)15-10(18)8-3-6-14-9(17)7-8/h3,6-7,19H,1-2,4-5H2,(H2,13,16)(H,14,17)(H,15,18). The Kier molecular flexibility index (Phi) is 3.55. The molecule has 0 spiro atoms. The van der Waals surface area contributed by atoms with Gasteiger partial charge in [0.05, 0.1) is 0 Å². The van der Waals surface area contributed by atoms with E-state index in [2.05, 4.69) is 15.5 Å². The quantitative estimate of drug-likeness (QED) is 0.269. The fourth-order valence-corrected chi connectivity index (χ4v) is 2.39. The number of aromatic amines is 1. The number of rotatable bonds is 3. The number of pyridine rings is 1. The summed E-state index contributed by atoms with van der Waals surface area (Å²) in [6.45, 7) is 0. The van der Waals surface area contributed by atoms with Crippen LogP contribution in [0.1, 0.15) is 36.0 Å². The first-order valence-corrected chi connectivity index (χ1v) is 6.07. The van der Waals surface area contributed by atoms with Crippen LogP contribution in [-0.4, -0.2) is 27.5 Å². The molecule has 5 N–H and O–H groups in total. The average molecular weight is 264 g/mol. The van der Waals surface area contributed by atoms with Crippen LogP contribution in [0.3, 0.4) is 0 Å². The minimum absolute atomic E-state index is 0.00295. The molecule has 1 fully saturated rings. The second-order valence-electron chi connectivity index (χ2n) is 4.67. The third-order valence-electron chi connectivity index (χ3n) is 3.45. The minimum atomic E-state index is -0.811. The highest BCUT2D eigenvalue weighted by atomic mass is 16.4. The summed E-state index contributed by atoms with van der Waals surface area (Å²) in [5.41, 5.74) is 4.78. The Balaban J connectivity index is 2.23. The van der Waals surface area contributed by atoms with E-state index in [4.69, 9.17) is 10.9 Å². The normalized spacial score (nSPS) is 18.2. The van der Waals surface area contributed by atoms with Crippen molar-refractivity contribution in [2.24, 2.45) is 10.9 Å². The van der Waals surface area contributed by atoms with Gasteiger partial charge in [0.25, 0.3) is 5.91 Å². The van der Waals surface area contributed by atoms with Crippen molar-refractivity contribution in [2.75, 3.05) is 0 Å². The van der Waals surface area contributed by atoms with Crippen molar-refractivity contribution in [1.82, 2.24) is 10.3 Å². The fourth-order valence-electron chi connectivity index (χ4n) is 2.39. The number of carbonyl (C=O) groups excluding carboxylic acids is 1. The van der Waals surface area contributed by atoms with E-state index in [0.717, 1.165) is 12.8 Å². The van der Waals surface area contributed by atoms with E-state index in [1.165, 1.54) is 18.3 Å². The summed E-state index contributed by atoms with van der Waals surface area (Å²) < 4.78 is 0. The third kappa shape index (κ3) is 2.59. The molecule has 1 aromatic heterocycles.